The average Bonchev–Trinajstić information content (AvgIpc) is 2.36. The summed E-state index contributed by atoms with van der Waals surface area (Å²) in [6.45, 7) is 3.87. The second-order valence-corrected chi connectivity index (χ2v) is 6.58. The van der Waals surface area contributed by atoms with Crippen molar-refractivity contribution in [3.8, 4) is 0 Å². The summed E-state index contributed by atoms with van der Waals surface area (Å²) in [5.41, 5.74) is -0.128. The van der Waals surface area contributed by atoms with E-state index in [-0.39, 0.29) is 68.8 Å². The van der Waals surface area contributed by atoms with E-state index < -0.39 is 16.0 Å². The van der Waals surface area contributed by atoms with E-state index in [2.05, 4.69) is 10.3 Å². The molecule has 0 aliphatic rings. The Bertz CT molecular complexity index is 607. The molecule has 1 aromatic rings. The van der Waals surface area contributed by atoms with Crippen LogP contribution in [-0.4, -0.2) is 38.7 Å². The summed E-state index contributed by atoms with van der Waals surface area (Å²) in [5, 5.41) is 14.0. The first-order valence-corrected chi connectivity index (χ1v) is 7.93. The van der Waals surface area contributed by atoms with Crippen LogP contribution in [0.3, 0.4) is 0 Å². The van der Waals surface area contributed by atoms with Gasteiger partial charge in [-0.1, -0.05) is 6.92 Å². The van der Waals surface area contributed by atoms with E-state index in [1.54, 1.807) is 0 Å². The Morgan fingerprint density at radius 3 is 2.48 bits per heavy atom. The van der Waals surface area contributed by atoms with Crippen LogP contribution in [0.2, 0.25) is 0 Å². The number of nitrogens with zero attached hydrogens (tertiary/aromatic N) is 2. The fourth-order valence-corrected chi connectivity index (χ4v) is 1.83. The van der Waals surface area contributed by atoms with Gasteiger partial charge >= 0.3 is 51.4 Å². The number of nitrogens with one attached hydrogen (secondary N) is 1. The van der Waals surface area contributed by atoms with Gasteiger partial charge in [-0.15, -0.1) is 0 Å². The molecule has 0 saturated heterocycles. The van der Waals surface area contributed by atoms with E-state index in [4.69, 9.17) is 0 Å². The Morgan fingerprint density at radius 2 is 2.05 bits per heavy atom. The quantitative estimate of drug-likeness (QED) is 0.556. The van der Waals surface area contributed by atoms with Crippen LogP contribution in [-0.2, 0) is 10.0 Å². The first-order chi connectivity index (χ1) is 9.15. The molecule has 1 aromatic heterocycles. The van der Waals surface area contributed by atoms with Gasteiger partial charge in [0.15, 0.2) is 0 Å². The third-order valence-electron chi connectivity index (χ3n) is 2.87. The smallest absolute Gasteiger partial charge is 0.545 e. The number of carbonyl (C=O) groups excluding carboxylic acids is 1. The van der Waals surface area contributed by atoms with Gasteiger partial charge in [0, 0.05) is 18.7 Å². The Labute approximate surface area is 167 Å². The fourth-order valence-electron chi connectivity index (χ4n) is 1.39. The van der Waals surface area contributed by atoms with Crippen molar-refractivity contribution < 1.29 is 69.7 Å². The largest absolute Gasteiger partial charge is 1.00 e. The zero-order valence-electron chi connectivity index (χ0n) is 12.9. The zero-order valence-corrected chi connectivity index (χ0v) is 16.8. The van der Waals surface area contributed by atoms with Crippen molar-refractivity contribution in [2.24, 2.45) is 0 Å². The van der Waals surface area contributed by atoms with Gasteiger partial charge in [-0.05, 0) is 25.5 Å². The molecule has 0 aliphatic heterocycles. The van der Waals surface area contributed by atoms with Gasteiger partial charge in [0.1, 0.15) is 11.6 Å². The van der Waals surface area contributed by atoms with Crippen molar-refractivity contribution >= 4 is 27.6 Å². The summed E-state index contributed by atoms with van der Waals surface area (Å²) in [4.78, 5) is 15.1. The predicted molar refractivity (Wildman–Crippen MR) is 75.2 cm³/mol. The second-order valence-electron chi connectivity index (χ2n) is 4.57. The molecule has 1 N–H and O–H groups in total. The molecule has 1 heterocycles. The summed E-state index contributed by atoms with van der Waals surface area (Å²) < 4.78 is 23.9. The maximum absolute atomic E-state index is 11.5. The molecular weight excluding hydrogens is 321 g/mol. The Balaban J connectivity index is 0.00000400. The maximum atomic E-state index is 11.5. The second kappa shape index (κ2) is 8.44. The molecule has 0 saturated carbocycles. The molecule has 0 fully saturated rings. The van der Waals surface area contributed by atoms with E-state index >= 15 is 0 Å². The van der Waals surface area contributed by atoms with Crippen molar-refractivity contribution in [3.63, 3.8) is 0 Å². The van der Waals surface area contributed by atoms with Crippen LogP contribution in [0.4, 0.5) is 11.6 Å². The number of hydrogen-bond donors (Lipinski definition) is 1. The topological polar surface area (TPSA) is 102 Å². The number of anilines is 2. The Morgan fingerprint density at radius 1 is 1.48 bits per heavy atom. The minimum atomic E-state index is -3.52. The van der Waals surface area contributed by atoms with E-state index in [9.17, 15) is 18.3 Å². The number of carboxylic acids is 1. The van der Waals surface area contributed by atoms with Crippen LogP contribution in [0, 0.1) is 0 Å². The number of pyridine rings is 1. The SMILES string of the molecule is CCC(C)Nc1cc(C(=O)[O-])cc(N(C)S(C)(=O)=O)n1.[K+]. The predicted octanol–water partition coefficient (Wildman–Crippen LogP) is -2.94. The van der Waals surface area contributed by atoms with E-state index in [1.165, 1.54) is 13.1 Å². The van der Waals surface area contributed by atoms with Gasteiger partial charge in [0.05, 0.1) is 12.2 Å². The number of hydrogen-bond acceptors (Lipinski definition) is 6. The summed E-state index contributed by atoms with van der Waals surface area (Å²) >= 11 is 0. The number of aromatic nitrogens is 1. The normalized spacial score (nSPS) is 12.2. The Hall–Kier alpha value is -0.194. The van der Waals surface area contributed by atoms with Crippen LogP contribution in [0.5, 0.6) is 0 Å². The van der Waals surface area contributed by atoms with Gasteiger partial charge < -0.3 is 15.2 Å². The maximum Gasteiger partial charge on any atom is 1.00 e. The van der Waals surface area contributed by atoms with Crippen molar-refractivity contribution in [1.82, 2.24) is 4.98 Å². The monoisotopic (exact) mass is 339 g/mol. The molecule has 0 spiro atoms. The van der Waals surface area contributed by atoms with E-state index in [0.717, 1.165) is 23.0 Å². The summed E-state index contributed by atoms with van der Waals surface area (Å²) in [5.74, 6) is -1.06. The van der Waals surface area contributed by atoms with E-state index in [1.807, 2.05) is 13.8 Å². The molecule has 9 heteroatoms. The van der Waals surface area contributed by atoms with Gasteiger partial charge in [0.25, 0.3) is 0 Å². The first kappa shape index (κ1) is 20.8. The minimum Gasteiger partial charge on any atom is -0.545 e. The van der Waals surface area contributed by atoms with Crippen molar-refractivity contribution in [2.45, 2.75) is 26.3 Å². The summed E-state index contributed by atoms with van der Waals surface area (Å²) in [6.07, 6.45) is 1.83. The third-order valence-corrected chi connectivity index (χ3v) is 4.06. The fraction of sp³-hybridized carbons (Fsp3) is 0.500. The van der Waals surface area contributed by atoms with Crippen LogP contribution in [0.25, 0.3) is 0 Å². The van der Waals surface area contributed by atoms with Crippen molar-refractivity contribution in [1.29, 1.82) is 0 Å². The number of carbonyl (C=O) groups is 1. The molecular formula is C12H18KN3O4S. The number of rotatable bonds is 6. The molecule has 0 aliphatic carbocycles. The van der Waals surface area contributed by atoms with E-state index in [0.29, 0.717) is 5.82 Å². The number of sulfonamides is 1. The third kappa shape index (κ3) is 6.21. The summed E-state index contributed by atoms with van der Waals surface area (Å²) in [6, 6.07) is 2.56. The molecule has 1 unspecified atom stereocenters. The minimum absolute atomic E-state index is 0. The zero-order chi connectivity index (χ0) is 15.5. The average molecular weight is 339 g/mol. The Kier molecular flexibility index (Phi) is 8.36. The van der Waals surface area contributed by atoms with Crippen LogP contribution >= 0.6 is 0 Å². The molecule has 0 amide bonds. The number of aromatic carboxylic acids is 1. The van der Waals surface area contributed by atoms with Crippen LogP contribution in [0.15, 0.2) is 12.1 Å². The van der Waals surface area contributed by atoms with Crippen molar-refractivity contribution in [3.05, 3.63) is 17.7 Å². The van der Waals surface area contributed by atoms with Gasteiger partial charge in [0.2, 0.25) is 10.0 Å². The molecule has 0 bridgehead atoms. The standard InChI is InChI=1S/C12H19N3O4S.K/c1-5-8(2)13-10-6-9(12(16)17)7-11(14-10)15(3)20(4,18)19;/h6-8H,5H2,1-4H3,(H,13,14)(H,16,17);/q;+1/p-1. The molecule has 0 aromatic carbocycles. The van der Waals surface area contributed by atoms with Gasteiger partial charge in [-0.2, -0.15) is 0 Å². The number of carboxylic acid groups (broad SMARTS) is 1. The van der Waals surface area contributed by atoms with Crippen molar-refractivity contribution in [2.75, 3.05) is 22.9 Å². The van der Waals surface area contributed by atoms with Gasteiger partial charge in [-0.3, -0.25) is 4.31 Å². The van der Waals surface area contributed by atoms with Gasteiger partial charge in [-0.25, -0.2) is 13.4 Å². The summed E-state index contributed by atoms with van der Waals surface area (Å²) in [7, 11) is -2.21. The molecule has 112 valence electrons. The van der Waals surface area contributed by atoms with Crippen LogP contribution < -0.4 is 66.1 Å². The first-order valence-electron chi connectivity index (χ1n) is 6.09. The molecule has 0 radical (unpaired) electrons. The molecule has 1 rings (SSSR count). The van der Waals surface area contributed by atoms with Crippen LogP contribution in [0.1, 0.15) is 30.6 Å². The molecule has 1 atom stereocenters. The molecule has 21 heavy (non-hydrogen) atoms. The molecule has 7 nitrogen and oxygen atoms in total.